The number of fused-ring (bicyclic) bond motifs is 1. The molecule has 0 bridgehead atoms. The molecule has 18 nitrogen and oxygen atoms in total. The minimum atomic E-state index is -4.23. The number of ether oxygens (including phenoxy) is 3. The van der Waals surface area contributed by atoms with Crippen LogP contribution in [0.3, 0.4) is 0 Å². The molecule has 19 heteroatoms. The van der Waals surface area contributed by atoms with Gasteiger partial charge in [0.15, 0.2) is 28.9 Å². The standard InChI is InChI=1S/C25H36N7O11P/c1-13(33)38-9-8-29-44(36,40-11-15-18(24(2,3)4)43-23(35)42-15)39-10-14-17(34)25(5,27-6)21(41-14)32-12-28-16-19(32)30-22(26)31-20(16)37-7/h12,14,17,21,34H,6,8-11H2,1-5,7H3,(H,29,36)(H2,26,30,31)/t14-,17-,21-,25-,44?/m1/s1. The van der Waals surface area contributed by atoms with Gasteiger partial charge in [-0.05, 0) is 13.6 Å². The van der Waals surface area contributed by atoms with Crippen molar-refractivity contribution in [2.45, 2.75) is 70.6 Å². The number of anilines is 1. The molecular formula is C25H36N7O11P. The van der Waals surface area contributed by atoms with E-state index in [1.807, 2.05) is 0 Å². The van der Waals surface area contributed by atoms with E-state index in [2.05, 4.69) is 31.7 Å². The number of aliphatic imine (C=N–C) groups is 1. The molecule has 0 aliphatic carbocycles. The number of esters is 1. The molecule has 0 aromatic carbocycles. The van der Waals surface area contributed by atoms with Crippen LogP contribution in [0.5, 0.6) is 5.88 Å². The molecule has 0 spiro atoms. The molecule has 1 unspecified atom stereocenters. The molecule has 1 saturated heterocycles. The van der Waals surface area contributed by atoms with Crippen LogP contribution in [-0.2, 0) is 39.9 Å². The number of nitrogen functional groups attached to an aromatic ring is 1. The fourth-order valence-corrected chi connectivity index (χ4v) is 5.82. The van der Waals surface area contributed by atoms with Gasteiger partial charge in [-0.3, -0.25) is 23.4 Å². The number of nitrogens with one attached hydrogen (secondary N) is 1. The Balaban J connectivity index is 1.56. The van der Waals surface area contributed by atoms with E-state index >= 15 is 0 Å². The van der Waals surface area contributed by atoms with Crippen molar-refractivity contribution in [3.63, 3.8) is 0 Å². The molecule has 3 aromatic rings. The molecule has 1 fully saturated rings. The van der Waals surface area contributed by atoms with Crippen molar-refractivity contribution in [1.29, 1.82) is 0 Å². The van der Waals surface area contributed by atoms with E-state index in [0.29, 0.717) is 5.52 Å². The lowest BCUT2D eigenvalue weighted by atomic mass is 9.92. The summed E-state index contributed by atoms with van der Waals surface area (Å²) in [6, 6.07) is 0. The Labute approximate surface area is 251 Å². The Morgan fingerprint density at radius 2 is 2.05 bits per heavy atom. The number of rotatable bonds is 13. The van der Waals surface area contributed by atoms with E-state index in [1.165, 1.54) is 24.9 Å². The van der Waals surface area contributed by atoms with Crippen LogP contribution < -0.4 is 21.4 Å². The number of hydrogen-bond donors (Lipinski definition) is 3. The third-order valence-corrected chi connectivity index (χ3v) is 8.33. The number of aliphatic hydroxyl groups excluding tert-OH is 1. The third-order valence-electron chi connectivity index (χ3n) is 6.76. The largest absolute Gasteiger partial charge is 0.519 e. The Hall–Kier alpha value is -3.67. The third kappa shape index (κ3) is 6.85. The number of carbonyl (C=O) groups is 1. The number of carbonyl (C=O) groups excluding carboxylic acids is 1. The molecular weight excluding hydrogens is 605 g/mol. The lowest BCUT2D eigenvalue weighted by Gasteiger charge is -2.28. The van der Waals surface area contributed by atoms with Crippen molar-refractivity contribution in [2.24, 2.45) is 4.99 Å². The van der Waals surface area contributed by atoms with Gasteiger partial charge in [-0.1, -0.05) is 20.8 Å². The number of aliphatic hydroxyl groups is 1. The summed E-state index contributed by atoms with van der Waals surface area (Å²) in [4.78, 5) is 39.7. The van der Waals surface area contributed by atoms with Crippen LogP contribution in [0.2, 0.25) is 0 Å². The Bertz CT molecular complexity index is 1610. The van der Waals surface area contributed by atoms with Crippen LogP contribution in [0.1, 0.15) is 52.4 Å². The summed E-state index contributed by atoms with van der Waals surface area (Å²) in [6.45, 7) is 10.6. The maximum Gasteiger partial charge on any atom is 0.519 e. The molecule has 0 amide bonds. The summed E-state index contributed by atoms with van der Waals surface area (Å²) in [5, 5.41) is 13.9. The van der Waals surface area contributed by atoms with Crippen LogP contribution in [-0.4, -0.2) is 81.9 Å². The van der Waals surface area contributed by atoms with Gasteiger partial charge in [0.05, 0.1) is 20.0 Å². The van der Waals surface area contributed by atoms with Crippen LogP contribution in [0, 0.1) is 0 Å². The first kappa shape index (κ1) is 33.2. The molecule has 0 radical (unpaired) electrons. The minimum absolute atomic E-state index is 0.0115. The number of imidazole rings is 1. The molecule has 5 atom stereocenters. The Morgan fingerprint density at radius 3 is 2.68 bits per heavy atom. The van der Waals surface area contributed by atoms with Gasteiger partial charge in [-0.15, -0.1) is 0 Å². The van der Waals surface area contributed by atoms with Crippen molar-refractivity contribution >= 4 is 37.5 Å². The van der Waals surface area contributed by atoms with Crippen molar-refractivity contribution in [3.8, 4) is 5.88 Å². The highest BCUT2D eigenvalue weighted by Crippen LogP contribution is 2.48. The highest BCUT2D eigenvalue weighted by atomic mass is 31.2. The summed E-state index contributed by atoms with van der Waals surface area (Å²) in [5.74, 6) is -1.22. The van der Waals surface area contributed by atoms with E-state index in [1.54, 1.807) is 27.7 Å². The molecule has 4 N–H and O–H groups in total. The fourth-order valence-electron chi connectivity index (χ4n) is 4.57. The van der Waals surface area contributed by atoms with Gasteiger partial charge in [-0.25, -0.2) is 19.4 Å². The summed E-state index contributed by atoms with van der Waals surface area (Å²) < 4.78 is 53.1. The Morgan fingerprint density at radius 1 is 1.32 bits per heavy atom. The maximum atomic E-state index is 13.8. The minimum Gasteiger partial charge on any atom is -0.479 e. The number of aromatic nitrogens is 4. The summed E-state index contributed by atoms with van der Waals surface area (Å²) in [7, 11) is -2.82. The topological polar surface area (TPSA) is 238 Å². The smallest absolute Gasteiger partial charge is 0.479 e. The fraction of sp³-hybridized carbons (Fsp3) is 0.600. The number of hydrogen-bond acceptors (Lipinski definition) is 16. The van der Waals surface area contributed by atoms with Gasteiger partial charge in [0.2, 0.25) is 11.8 Å². The first-order chi connectivity index (χ1) is 20.6. The lowest BCUT2D eigenvalue weighted by Crippen LogP contribution is -2.43. The lowest BCUT2D eigenvalue weighted by molar-refractivity contribution is -0.140. The maximum absolute atomic E-state index is 13.8. The molecule has 242 valence electrons. The van der Waals surface area contributed by atoms with E-state index in [9.17, 15) is 19.3 Å². The van der Waals surface area contributed by atoms with E-state index < -0.39 is 62.1 Å². The predicted molar refractivity (Wildman–Crippen MR) is 153 cm³/mol. The van der Waals surface area contributed by atoms with Crippen LogP contribution >= 0.6 is 7.75 Å². The van der Waals surface area contributed by atoms with E-state index in [0.717, 1.165) is 0 Å². The number of nitrogens with two attached hydrogens (primary N) is 1. The predicted octanol–water partition coefficient (Wildman–Crippen LogP) is 1.47. The highest BCUT2D eigenvalue weighted by Gasteiger charge is 2.55. The number of nitrogens with zero attached hydrogens (tertiary/aromatic N) is 5. The second-order valence-electron chi connectivity index (χ2n) is 11.0. The van der Waals surface area contributed by atoms with Crippen molar-refractivity contribution in [3.05, 3.63) is 28.5 Å². The van der Waals surface area contributed by atoms with E-state index in [4.69, 9.17) is 37.8 Å². The van der Waals surface area contributed by atoms with Crippen LogP contribution in [0.15, 0.2) is 24.9 Å². The Kier molecular flexibility index (Phi) is 9.63. The SMILES string of the molecule is C=N[C@]1(C)[C@H](O)[C@@H](COP(=O)(NCCOC(C)=O)OCc2oc(=O)oc2C(C)(C)C)O[C@H]1n1cnc2c(OC)nc(N)nc21. The van der Waals surface area contributed by atoms with Gasteiger partial charge in [0.25, 0.3) is 0 Å². The molecule has 4 heterocycles. The zero-order valence-corrected chi connectivity index (χ0v) is 26.0. The molecule has 44 heavy (non-hydrogen) atoms. The molecule has 1 aliphatic rings. The zero-order valence-electron chi connectivity index (χ0n) is 25.1. The van der Waals surface area contributed by atoms with Gasteiger partial charge in [0, 0.05) is 18.9 Å². The van der Waals surface area contributed by atoms with Crippen molar-refractivity contribution in [1.82, 2.24) is 24.6 Å². The second-order valence-corrected chi connectivity index (χ2v) is 12.9. The van der Waals surface area contributed by atoms with Gasteiger partial charge >= 0.3 is 19.5 Å². The summed E-state index contributed by atoms with van der Waals surface area (Å²) >= 11 is 0. The van der Waals surface area contributed by atoms with Crippen LogP contribution in [0.4, 0.5) is 5.95 Å². The second kappa shape index (κ2) is 12.7. The average Bonchev–Trinajstić information content (AvgIpc) is 3.62. The van der Waals surface area contributed by atoms with Gasteiger partial charge < -0.3 is 33.9 Å². The molecule has 0 saturated carbocycles. The van der Waals surface area contributed by atoms with Gasteiger partial charge in [0.1, 0.15) is 31.0 Å². The number of methoxy groups -OCH3 is 1. The summed E-state index contributed by atoms with van der Waals surface area (Å²) in [6.07, 6.45) is -2.04. The van der Waals surface area contributed by atoms with Crippen molar-refractivity contribution in [2.75, 3.05) is 32.6 Å². The van der Waals surface area contributed by atoms with Crippen molar-refractivity contribution < 1.29 is 46.6 Å². The molecule has 4 rings (SSSR count). The normalized spacial score (nSPS) is 23.5. The highest BCUT2D eigenvalue weighted by molar-refractivity contribution is 7.51. The average molecular weight is 642 g/mol. The zero-order chi connectivity index (χ0) is 32.4. The first-order valence-corrected chi connectivity index (χ1v) is 14.9. The first-order valence-electron chi connectivity index (χ1n) is 13.4. The monoisotopic (exact) mass is 641 g/mol. The van der Waals surface area contributed by atoms with Crippen LogP contribution in [0.25, 0.3) is 11.2 Å². The quantitative estimate of drug-likeness (QED) is 0.104. The summed E-state index contributed by atoms with van der Waals surface area (Å²) in [5.41, 5.74) is 4.41. The molecule has 3 aromatic heterocycles. The van der Waals surface area contributed by atoms with Gasteiger partial charge in [-0.2, -0.15) is 9.97 Å². The van der Waals surface area contributed by atoms with E-state index in [-0.39, 0.29) is 42.1 Å². The molecule has 1 aliphatic heterocycles.